The number of aromatic amines is 1. The molecule has 1 N–H and O–H groups in total. The Labute approximate surface area is 185 Å². The number of benzene rings is 1. The lowest BCUT2D eigenvalue weighted by Gasteiger charge is -2.36. The summed E-state index contributed by atoms with van der Waals surface area (Å²) in [5, 5.41) is 0.0620. The highest BCUT2D eigenvalue weighted by Gasteiger charge is 2.39. The molecule has 1 aliphatic heterocycles. The van der Waals surface area contributed by atoms with Gasteiger partial charge in [0, 0.05) is 19.1 Å². The first kappa shape index (κ1) is 23.4. The Bertz CT molecular complexity index is 1000. The monoisotopic (exact) mass is 447 g/mol. The maximum atomic E-state index is 12.9. The number of nitrogens with zero attached hydrogens (tertiary/aromatic N) is 2. The lowest BCUT2D eigenvalue weighted by molar-refractivity contribution is 0.0189. The fraction of sp³-hybridized carbons (Fsp3) is 0.652. The van der Waals surface area contributed by atoms with E-state index < -0.39 is 13.9 Å². The summed E-state index contributed by atoms with van der Waals surface area (Å²) in [7, 11) is -2.04. The molecule has 0 aliphatic carbocycles. The van der Waals surface area contributed by atoms with Crippen LogP contribution in [0.4, 0.5) is 4.79 Å². The number of hydrogen-bond donors (Lipinski definition) is 1. The third-order valence-electron chi connectivity index (χ3n) is 6.37. The van der Waals surface area contributed by atoms with Crippen molar-refractivity contribution in [3.8, 4) is 5.75 Å². The zero-order chi connectivity index (χ0) is 23.2. The van der Waals surface area contributed by atoms with E-state index >= 15 is 0 Å². The van der Waals surface area contributed by atoms with Crippen LogP contribution in [0.5, 0.6) is 5.75 Å². The van der Waals surface area contributed by atoms with Gasteiger partial charge in [-0.15, -0.1) is 0 Å². The standard InChI is InChI=1S/C23H37N3O4Si/c1-22(2,3)29-21(28)25-14-12-16(13-15-25)26-17-10-9-11-18(19(17)24-20(26)27)30-31(7,8)23(4,5)6/h9-11,16H,12-15H2,1-8H3,(H,24,27). The van der Waals surface area contributed by atoms with Gasteiger partial charge in [-0.25, -0.2) is 9.59 Å². The molecule has 2 heterocycles. The van der Waals surface area contributed by atoms with Gasteiger partial charge in [-0.1, -0.05) is 26.8 Å². The van der Waals surface area contributed by atoms with Crippen molar-refractivity contribution in [1.82, 2.24) is 14.5 Å². The number of fused-ring (bicyclic) bond motifs is 1. The lowest BCUT2D eigenvalue weighted by Crippen LogP contribution is -2.43. The Morgan fingerprint density at radius 1 is 1.10 bits per heavy atom. The SMILES string of the molecule is CC(C)(C)OC(=O)N1CCC(n2c(=O)[nH]c3c(O[Si](C)(C)C(C)(C)C)cccc32)CC1. The van der Waals surface area contributed by atoms with Crippen molar-refractivity contribution >= 4 is 25.4 Å². The third-order valence-corrected chi connectivity index (χ3v) is 10.7. The highest BCUT2D eigenvalue weighted by molar-refractivity contribution is 6.74. The van der Waals surface area contributed by atoms with E-state index in [1.807, 2.05) is 43.5 Å². The summed E-state index contributed by atoms with van der Waals surface area (Å²) in [6.07, 6.45) is 1.13. The molecule has 0 unspecified atom stereocenters. The number of rotatable bonds is 3. The van der Waals surface area contributed by atoms with Crippen LogP contribution < -0.4 is 10.1 Å². The van der Waals surface area contributed by atoms with Crippen molar-refractivity contribution in [2.75, 3.05) is 13.1 Å². The number of para-hydroxylation sites is 1. The fourth-order valence-electron chi connectivity index (χ4n) is 3.63. The second-order valence-electron chi connectivity index (χ2n) is 11.0. The molecule has 1 saturated heterocycles. The first-order valence-corrected chi connectivity index (χ1v) is 14.0. The molecule has 172 valence electrons. The maximum Gasteiger partial charge on any atom is 0.410 e. The molecule has 1 amide bonds. The molecule has 1 aromatic heterocycles. The second-order valence-corrected chi connectivity index (χ2v) is 15.7. The van der Waals surface area contributed by atoms with Crippen molar-refractivity contribution in [3.63, 3.8) is 0 Å². The fourth-order valence-corrected chi connectivity index (χ4v) is 4.66. The third kappa shape index (κ3) is 5.00. The van der Waals surface area contributed by atoms with Crippen molar-refractivity contribution in [3.05, 3.63) is 28.7 Å². The van der Waals surface area contributed by atoms with Crippen molar-refractivity contribution in [1.29, 1.82) is 0 Å². The van der Waals surface area contributed by atoms with Crippen LogP contribution in [-0.4, -0.2) is 47.6 Å². The molecular formula is C23H37N3O4Si. The number of amides is 1. The molecule has 8 heteroatoms. The Morgan fingerprint density at radius 2 is 1.71 bits per heavy atom. The molecule has 0 bridgehead atoms. The van der Waals surface area contributed by atoms with E-state index in [2.05, 4.69) is 38.8 Å². The summed E-state index contributed by atoms with van der Waals surface area (Å²) in [6.45, 7) is 17.7. The Balaban J connectivity index is 1.83. The van der Waals surface area contributed by atoms with E-state index in [-0.39, 0.29) is 22.9 Å². The molecule has 31 heavy (non-hydrogen) atoms. The maximum absolute atomic E-state index is 12.9. The molecule has 7 nitrogen and oxygen atoms in total. The molecule has 2 aromatic rings. The quantitative estimate of drug-likeness (QED) is 0.649. The highest BCUT2D eigenvalue weighted by Crippen LogP contribution is 2.39. The largest absolute Gasteiger partial charge is 0.542 e. The van der Waals surface area contributed by atoms with Crippen LogP contribution in [0.3, 0.4) is 0 Å². The smallest absolute Gasteiger partial charge is 0.410 e. The number of hydrogen-bond acceptors (Lipinski definition) is 4. The number of H-pyrrole nitrogens is 1. The van der Waals surface area contributed by atoms with E-state index in [9.17, 15) is 9.59 Å². The highest BCUT2D eigenvalue weighted by atomic mass is 28.4. The molecule has 3 rings (SSSR count). The minimum atomic E-state index is -2.04. The number of ether oxygens (including phenoxy) is 1. The van der Waals surface area contributed by atoms with Gasteiger partial charge in [-0.05, 0) is 63.9 Å². The van der Waals surface area contributed by atoms with Gasteiger partial charge >= 0.3 is 11.8 Å². The molecule has 0 radical (unpaired) electrons. The minimum Gasteiger partial charge on any atom is -0.542 e. The average molecular weight is 448 g/mol. The number of imidazole rings is 1. The number of piperidine rings is 1. The van der Waals surface area contributed by atoms with Crippen LogP contribution in [0, 0.1) is 0 Å². The van der Waals surface area contributed by atoms with Crippen molar-refractivity contribution in [2.24, 2.45) is 0 Å². The summed E-state index contributed by atoms with van der Waals surface area (Å²) in [6, 6.07) is 5.88. The molecule has 0 spiro atoms. The van der Waals surface area contributed by atoms with E-state index in [0.717, 1.165) is 16.8 Å². The molecular weight excluding hydrogens is 410 g/mol. The van der Waals surface area contributed by atoms with Crippen molar-refractivity contribution in [2.45, 2.75) is 84.2 Å². The summed E-state index contributed by atoms with van der Waals surface area (Å²) >= 11 is 0. The van der Waals surface area contributed by atoms with Gasteiger partial charge in [-0.3, -0.25) is 4.57 Å². The van der Waals surface area contributed by atoms with Gasteiger partial charge in [0.15, 0.2) is 0 Å². The Morgan fingerprint density at radius 3 is 2.26 bits per heavy atom. The van der Waals surface area contributed by atoms with Gasteiger partial charge in [0.05, 0.1) is 5.52 Å². The van der Waals surface area contributed by atoms with E-state index in [4.69, 9.17) is 9.16 Å². The molecule has 0 atom stereocenters. The second kappa shape index (κ2) is 8.04. The molecule has 1 aliphatic rings. The number of aromatic nitrogens is 2. The number of nitrogens with one attached hydrogen (secondary N) is 1. The summed E-state index contributed by atoms with van der Waals surface area (Å²) < 4.78 is 13.8. The van der Waals surface area contributed by atoms with Gasteiger partial charge in [0.1, 0.15) is 16.9 Å². The lowest BCUT2D eigenvalue weighted by atomic mass is 10.0. The van der Waals surface area contributed by atoms with Crippen LogP contribution in [0.2, 0.25) is 18.1 Å². The van der Waals surface area contributed by atoms with Crippen LogP contribution in [0.15, 0.2) is 23.0 Å². The number of carbonyl (C=O) groups is 1. The normalized spacial score (nSPS) is 16.6. The van der Waals surface area contributed by atoms with Gasteiger partial charge < -0.3 is 19.0 Å². The summed E-state index contributed by atoms with van der Waals surface area (Å²) in [5.74, 6) is 0.742. The topological polar surface area (TPSA) is 76.6 Å². The zero-order valence-corrected chi connectivity index (χ0v) is 21.2. The average Bonchev–Trinajstić information content (AvgIpc) is 2.96. The van der Waals surface area contributed by atoms with Crippen LogP contribution >= 0.6 is 0 Å². The zero-order valence-electron chi connectivity index (χ0n) is 20.2. The van der Waals surface area contributed by atoms with Crippen LogP contribution in [0.1, 0.15) is 60.4 Å². The number of likely N-dealkylation sites (tertiary alicyclic amines) is 1. The predicted octanol–water partition coefficient (Wildman–Crippen LogP) is 5.29. The molecule has 1 fully saturated rings. The summed E-state index contributed by atoms with van der Waals surface area (Å²) in [4.78, 5) is 30.0. The number of carbonyl (C=O) groups excluding carboxylic acids is 1. The Hall–Kier alpha value is -2.22. The van der Waals surface area contributed by atoms with E-state index in [1.54, 1.807) is 4.90 Å². The van der Waals surface area contributed by atoms with E-state index in [0.29, 0.717) is 25.9 Å². The first-order chi connectivity index (χ1) is 14.2. The van der Waals surface area contributed by atoms with Crippen LogP contribution in [0.25, 0.3) is 11.0 Å². The van der Waals surface area contributed by atoms with Crippen molar-refractivity contribution < 1.29 is 14.0 Å². The van der Waals surface area contributed by atoms with Gasteiger partial charge in [-0.2, -0.15) is 0 Å². The molecule has 0 saturated carbocycles. The van der Waals surface area contributed by atoms with Gasteiger partial charge in [0.2, 0.25) is 0 Å². The van der Waals surface area contributed by atoms with Gasteiger partial charge in [0.25, 0.3) is 8.32 Å². The Kier molecular flexibility index (Phi) is 6.08. The predicted molar refractivity (Wildman–Crippen MR) is 126 cm³/mol. The minimum absolute atomic E-state index is 0.0306. The van der Waals surface area contributed by atoms with Crippen LogP contribution in [-0.2, 0) is 4.74 Å². The first-order valence-electron chi connectivity index (χ1n) is 11.1. The molecule has 1 aromatic carbocycles. The van der Waals surface area contributed by atoms with E-state index in [1.165, 1.54) is 0 Å². The summed E-state index contributed by atoms with van der Waals surface area (Å²) in [5.41, 5.74) is 0.975.